The number of Topliss-reactive ketones (excluding diaryl/α,β-unsaturated/α-hetero) is 1. The molecule has 0 amide bonds. The highest BCUT2D eigenvalue weighted by molar-refractivity contribution is 7.99. The lowest BCUT2D eigenvalue weighted by atomic mass is 9.96. The number of benzene rings is 1. The quantitative estimate of drug-likeness (QED) is 0.790. The number of carbonyl (C=O) groups is 1. The summed E-state index contributed by atoms with van der Waals surface area (Å²) in [7, 11) is 0. The fraction of sp³-hybridized carbons (Fsp3) is 0.417. The van der Waals surface area contributed by atoms with Crippen LogP contribution < -0.4 is 4.74 Å². The summed E-state index contributed by atoms with van der Waals surface area (Å²) in [6, 6.07) is 5.51. The number of rotatable bonds is 3. The van der Waals surface area contributed by atoms with Gasteiger partial charge in [0.15, 0.2) is 5.78 Å². The van der Waals surface area contributed by atoms with Crippen LogP contribution in [0.5, 0.6) is 5.75 Å². The van der Waals surface area contributed by atoms with Gasteiger partial charge >= 0.3 is 6.36 Å². The van der Waals surface area contributed by atoms with Crippen molar-refractivity contribution >= 4 is 17.5 Å². The fourth-order valence-corrected chi connectivity index (χ4v) is 3.07. The lowest BCUT2D eigenvalue weighted by Crippen LogP contribution is -2.21. The molecule has 1 fully saturated rings. The number of alkyl halides is 3. The van der Waals surface area contributed by atoms with E-state index in [4.69, 9.17) is 0 Å². The molecule has 1 heterocycles. The fourth-order valence-electron chi connectivity index (χ4n) is 1.85. The Balaban J connectivity index is 2.23. The summed E-state index contributed by atoms with van der Waals surface area (Å²) in [5.74, 6) is 0.664. The zero-order valence-corrected chi connectivity index (χ0v) is 10.2. The standard InChI is InChI=1S/C12H11F3O2S/c13-12(14,15)17-10-4-2-1-3-9(10)11(16)8-5-6-18-7-8/h1-4,8H,5-7H2. The van der Waals surface area contributed by atoms with E-state index < -0.39 is 12.1 Å². The molecular formula is C12H11F3O2S. The first-order chi connectivity index (χ1) is 8.47. The molecule has 1 aromatic rings. The van der Waals surface area contributed by atoms with E-state index in [2.05, 4.69) is 4.74 Å². The van der Waals surface area contributed by atoms with E-state index in [1.807, 2.05) is 0 Å². The molecule has 18 heavy (non-hydrogen) atoms. The molecular weight excluding hydrogens is 265 g/mol. The Morgan fingerprint density at radius 2 is 2.06 bits per heavy atom. The van der Waals surface area contributed by atoms with Gasteiger partial charge in [0.1, 0.15) is 5.75 Å². The molecule has 0 N–H and O–H groups in total. The molecule has 98 valence electrons. The maximum Gasteiger partial charge on any atom is 0.573 e. The lowest BCUT2D eigenvalue weighted by molar-refractivity contribution is -0.274. The molecule has 2 rings (SSSR count). The van der Waals surface area contributed by atoms with E-state index in [-0.39, 0.29) is 17.3 Å². The second kappa shape index (κ2) is 5.22. The van der Waals surface area contributed by atoms with Gasteiger partial charge in [-0.1, -0.05) is 12.1 Å². The molecule has 1 unspecified atom stereocenters. The Bertz CT molecular complexity index is 439. The zero-order valence-electron chi connectivity index (χ0n) is 9.37. The predicted molar refractivity (Wildman–Crippen MR) is 62.9 cm³/mol. The molecule has 1 saturated heterocycles. The summed E-state index contributed by atoms with van der Waals surface area (Å²) >= 11 is 1.64. The number of carbonyl (C=O) groups excluding carboxylic acids is 1. The van der Waals surface area contributed by atoms with Crippen molar-refractivity contribution in [1.82, 2.24) is 0 Å². The van der Waals surface area contributed by atoms with Crippen LogP contribution in [0.1, 0.15) is 16.8 Å². The second-order valence-electron chi connectivity index (χ2n) is 3.97. The van der Waals surface area contributed by atoms with Crippen LogP contribution in [-0.4, -0.2) is 23.7 Å². The maximum atomic E-state index is 12.2. The third-order valence-electron chi connectivity index (χ3n) is 2.68. The van der Waals surface area contributed by atoms with Gasteiger partial charge < -0.3 is 4.74 Å². The monoisotopic (exact) mass is 276 g/mol. The van der Waals surface area contributed by atoms with Crippen molar-refractivity contribution in [2.24, 2.45) is 5.92 Å². The highest BCUT2D eigenvalue weighted by Gasteiger charge is 2.34. The first-order valence-corrected chi connectivity index (χ1v) is 6.59. The van der Waals surface area contributed by atoms with Crippen LogP contribution in [0.25, 0.3) is 0 Å². The van der Waals surface area contributed by atoms with Crippen molar-refractivity contribution in [2.75, 3.05) is 11.5 Å². The summed E-state index contributed by atoms with van der Waals surface area (Å²) in [6.45, 7) is 0. The Hall–Kier alpha value is -1.17. The van der Waals surface area contributed by atoms with Crippen LogP contribution in [0.15, 0.2) is 24.3 Å². The summed E-state index contributed by atoms with van der Waals surface area (Å²) < 4.78 is 40.6. The minimum Gasteiger partial charge on any atom is -0.405 e. The lowest BCUT2D eigenvalue weighted by Gasteiger charge is -2.14. The van der Waals surface area contributed by atoms with Gasteiger partial charge in [-0.15, -0.1) is 13.2 Å². The van der Waals surface area contributed by atoms with Crippen LogP contribution in [-0.2, 0) is 0 Å². The number of hydrogen-bond donors (Lipinski definition) is 0. The summed E-state index contributed by atoms with van der Waals surface area (Å²) in [5.41, 5.74) is 0.0160. The third-order valence-corrected chi connectivity index (χ3v) is 3.84. The SMILES string of the molecule is O=C(c1ccccc1OC(F)(F)F)C1CCSC1. The molecule has 1 aromatic carbocycles. The largest absolute Gasteiger partial charge is 0.573 e. The first-order valence-electron chi connectivity index (χ1n) is 5.44. The Morgan fingerprint density at radius 3 is 2.67 bits per heavy atom. The van der Waals surface area contributed by atoms with Crippen molar-refractivity contribution in [3.05, 3.63) is 29.8 Å². The predicted octanol–water partition coefficient (Wildman–Crippen LogP) is 3.52. The minimum atomic E-state index is -4.78. The average Bonchev–Trinajstić information content (AvgIpc) is 2.80. The van der Waals surface area contributed by atoms with Crippen molar-refractivity contribution in [2.45, 2.75) is 12.8 Å². The Kier molecular flexibility index (Phi) is 3.85. The number of thioether (sulfide) groups is 1. The van der Waals surface area contributed by atoms with Crippen LogP contribution in [0, 0.1) is 5.92 Å². The molecule has 0 spiro atoms. The van der Waals surface area contributed by atoms with Crippen LogP contribution in [0.4, 0.5) is 13.2 Å². The highest BCUT2D eigenvalue weighted by Crippen LogP contribution is 2.32. The van der Waals surface area contributed by atoms with Gasteiger partial charge in [0.2, 0.25) is 0 Å². The Morgan fingerprint density at radius 1 is 1.33 bits per heavy atom. The molecule has 1 atom stereocenters. The molecule has 0 radical (unpaired) electrons. The summed E-state index contributed by atoms with van der Waals surface area (Å²) in [4.78, 5) is 12.1. The number of hydrogen-bond acceptors (Lipinski definition) is 3. The topological polar surface area (TPSA) is 26.3 Å². The summed E-state index contributed by atoms with van der Waals surface area (Å²) in [5, 5.41) is 0. The van der Waals surface area contributed by atoms with E-state index in [0.29, 0.717) is 12.2 Å². The maximum absolute atomic E-state index is 12.2. The number of halogens is 3. The summed E-state index contributed by atoms with van der Waals surface area (Å²) in [6.07, 6.45) is -4.06. The number of ether oxygens (including phenoxy) is 1. The molecule has 0 saturated carbocycles. The number of ketones is 1. The van der Waals surface area contributed by atoms with Gasteiger partial charge in [0.05, 0.1) is 5.56 Å². The third kappa shape index (κ3) is 3.19. The normalized spacial score (nSPS) is 19.8. The molecule has 1 aliphatic heterocycles. The van der Waals surface area contributed by atoms with Gasteiger partial charge in [0.25, 0.3) is 0 Å². The van der Waals surface area contributed by atoms with E-state index in [1.54, 1.807) is 17.8 Å². The van der Waals surface area contributed by atoms with Gasteiger partial charge in [-0.3, -0.25) is 4.79 Å². The molecule has 1 aliphatic rings. The van der Waals surface area contributed by atoms with Crippen LogP contribution in [0.2, 0.25) is 0 Å². The van der Waals surface area contributed by atoms with E-state index in [0.717, 1.165) is 5.75 Å². The van der Waals surface area contributed by atoms with Crippen molar-refractivity contribution in [3.63, 3.8) is 0 Å². The molecule has 2 nitrogen and oxygen atoms in total. The van der Waals surface area contributed by atoms with Gasteiger partial charge in [-0.25, -0.2) is 0 Å². The van der Waals surface area contributed by atoms with Crippen molar-refractivity contribution < 1.29 is 22.7 Å². The average molecular weight is 276 g/mol. The van der Waals surface area contributed by atoms with Gasteiger partial charge in [-0.05, 0) is 24.3 Å². The van der Waals surface area contributed by atoms with Crippen LogP contribution in [0.3, 0.4) is 0 Å². The van der Waals surface area contributed by atoms with E-state index in [9.17, 15) is 18.0 Å². The smallest absolute Gasteiger partial charge is 0.405 e. The van der Waals surface area contributed by atoms with Crippen molar-refractivity contribution in [1.29, 1.82) is 0 Å². The highest BCUT2D eigenvalue weighted by atomic mass is 32.2. The second-order valence-corrected chi connectivity index (χ2v) is 5.12. The minimum absolute atomic E-state index is 0.0160. The molecule has 0 aromatic heterocycles. The van der Waals surface area contributed by atoms with E-state index >= 15 is 0 Å². The molecule has 6 heteroatoms. The van der Waals surface area contributed by atoms with Crippen molar-refractivity contribution in [3.8, 4) is 5.75 Å². The number of para-hydroxylation sites is 1. The zero-order chi connectivity index (χ0) is 13.2. The van der Waals surface area contributed by atoms with Gasteiger partial charge in [-0.2, -0.15) is 11.8 Å². The Labute approximate surface area is 107 Å². The molecule has 0 aliphatic carbocycles. The van der Waals surface area contributed by atoms with Gasteiger partial charge in [0, 0.05) is 11.7 Å². The van der Waals surface area contributed by atoms with E-state index in [1.165, 1.54) is 18.2 Å². The molecule has 0 bridgehead atoms. The van der Waals surface area contributed by atoms with Crippen LogP contribution >= 0.6 is 11.8 Å². The first kappa shape index (κ1) is 13.3.